The Balaban J connectivity index is 1.72. The van der Waals surface area contributed by atoms with Crippen LogP contribution >= 0.6 is 0 Å². The Kier molecular flexibility index (Phi) is 3.01. The quantitative estimate of drug-likeness (QED) is 0.787. The smallest absolute Gasteiger partial charge is 0.00232 e. The van der Waals surface area contributed by atoms with Gasteiger partial charge in [0.1, 0.15) is 0 Å². The Bertz CT molecular complexity index is 251. The maximum atomic E-state index is 6.02. The zero-order valence-electron chi connectivity index (χ0n) is 11.6. The summed E-state index contributed by atoms with van der Waals surface area (Å²) < 4.78 is 0. The second-order valence-corrected chi connectivity index (χ2v) is 7.67. The van der Waals surface area contributed by atoms with E-state index in [-0.39, 0.29) is 0 Å². The average molecular weight is 235 g/mol. The molecule has 0 aromatic carbocycles. The summed E-state index contributed by atoms with van der Waals surface area (Å²) in [7, 11) is 0. The SMILES string of the molecule is CCC(C)(CN)CC1C2CC3CC(C2)CC1C3. The molecule has 0 spiro atoms. The normalized spacial score (nSPS) is 47.1. The van der Waals surface area contributed by atoms with Gasteiger partial charge in [0, 0.05) is 0 Å². The van der Waals surface area contributed by atoms with Gasteiger partial charge in [-0.05, 0) is 86.5 Å². The van der Waals surface area contributed by atoms with Crippen molar-refractivity contribution in [2.24, 2.45) is 40.7 Å². The maximum absolute atomic E-state index is 6.02. The van der Waals surface area contributed by atoms with Gasteiger partial charge in [0.2, 0.25) is 0 Å². The van der Waals surface area contributed by atoms with Crippen LogP contribution in [0.15, 0.2) is 0 Å². The van der Waals surface area contributed by atoms with Crippen molar-refractivity contribution in [1.29, 1.82) is 0 Å². The van der Waals surface area contributed by atoms with E-state index in [4.69, 9.17) is 5.73 Å². The summed E-state index contributed by atoms with van der Waals surface area (Å²) in [6.07, 6.45) is 10.5. The maximum Gasteiger partial charge on any atom is -0.00232 e. The topological polar surface area (TPSA) is 26.0 Å². The number of hydrogen-bond donors (Lipinski definition) is 1. The molecule has 0 aromatic heterocycles. The van der Waals surface area contributed by atoms with E-state index in [2.05, 4.69) is 13.8 Å². The van der Waals surface area contributed by atoms with Gasteiger partial charge in [-0.1, -0.05) is 13.8 Å². The number of rotatable bonds is 4. The molecule has 4 saturated carbocycles. The molecular formula is C16H29N. The average Bonchev–Trinajstić information content (AvgIpc) is 2.33. The highest BCUT2D eigenvalue weighted by Crippen LogP contribution is 2.58. The van der Waals surface area contributed by atoms with E-state index in [1.54, 1.807) is 32.1 Å². The zero-order valence-corrected chi connectivity index (χ0v) is 11.6. The summed E-state index contributed by atoms with van der Waals surface area (Å²) in [5.41, 5.74) is 6.44. The Labute approximate surface area is 107 Å². The van der Waals surface area contributed by atoms with Crippen molar-refractivity contribution in [3.8, 4) is 0 Å². The first-order valence-electron chi connectivity index (χ1n) is 7.83. The lowest BCUT2D eigenvalue weighted by Crippen LogP contribution is -2.47. The zero-order chi connectivity index (χ0) is 12.0. The van der Waals surface area contributed by atoms with E-state index in [0.29, 0.717) is 5.41 Å². The summed E-state index contributed by atoms with van der Waals surface area (Å²) >= 11 is 0. The minimum Gasteiger partial charge on any atom is -0.330 e. The molecule has 17 heavy (non-hydrogen) atoms. The molecule has 0 heterocycles. The van der Waals surface area contributed by atoms with Crippen LogP contribution in [0.5, 0.6) is 0 Å². The van der Waals surface area contributed by atoms with Crippen molar-refractivity contribution >= 4 is 0 Å². The van der Waals surface area contributed by atoms with E-state index in [1.165, 1.54) is 12.8 Å². The van der Waals surface area contributed by atoms with Gasteiger partial charge in [0.15, 0.2) is 0 Å². The summed E-state index contributed by atoms with van der Waals surface area (Å²) in [6, 6.07) is 0. The van der Waals surface area contributed by atoms with Crippen LogP contribution in [0.2, 0.25) is 0 Å². The van der Waals surface area contributed by atoms with E-state index in [1.807, 2.05) is 0 Å². The monoisotopic (exact) mass is 235 g/mol. The highest BCUT2D eigenvalue weighted by molar-refractivity contribution is 4.99. The molecule has 0 aliphatic heterocycles. The van der Waals surface area contributed by atoms with Crippen LogP contribution in [0.1, 0.15) is 58.8 Å². The first-order chi connectivity index (χ1) is 8.13. The molecule has 1 heteroatoms. The molecule has 1 unspecified atom stereocenters. The molecular weight excluding hydrogens is 206 g/mol. The fraction of sp³-hybridized carbons (Fsp3) is 1.00. The van der Waals surface area contributed by atoms with Gasteiger partial charge in [-0.25, -0.2) is 0 Å². The Morgan fingerprint density at radius 2 is 1.53 bits per heavy atom. The van der Waals surface area contributed by atoms with Gasteiger partial charge >= 0.3 is 0 Å². The van der Waals surface area contributed by atoms with Gasteiger partial charge in [0.25, 0.3) is 0 Å². The van der Waals surface area contributed by atoms with Gasteiger partial charge < -0.3 is 5.73 Å². The molecule has 2 N–H and O–H groups in total. The summed E-state index contributed by atoms with van der Waals surface area (Å²) in [6.45, 7) is 5.62. The third kappa shape index (κ3) is 2.05. The number of nitrogens with two attached hydrogens (primary N) is 1. The molecule has 0 saturated heterocycles. The van der Waals surface area contributed by atoms with Crippen LogP contribution in [0.4, 0.5) is 0 Å². The van der Waals surface area contributed by atoms with Crippen molar-refractivity contribution in [2.75, 3.05) is 6.54 Å². The molecule has 98 valence electrons. The summed E-state index contributed by atoms with van der Waals surface area (Å²) in [5.74, 6) is 5.39. The van der Waals surface area contributed by atoms with Gasteiger partial charge in [-0.3, -0.25) is 0 Å². The lowest BCUT2D eigenvalue weighted by molar-refractivity contribution is -0.0539. The standard InChI is InChI=1S/C16H29N/c1-3-16(2,10-17)9-15-13-5-11-4-12(7-13)8-14(15)6-11/h11-15H,3-10,17H2,1-2H3. The summed E-state index contributed by atoms with van der Waals surface area (Å²) in [5, 5.41) is 0. The molecule has 0 amide bonds. The van der Waals surface area contributed by atoms with E-state index < -0.39 is 0 Å². The molecule has 1 atom stereocenters. The largest absolute Gasteiger partial charge is 0.330 e. The first kappa shape index (κ1) is 12.0. The van der Waals surface area contributed by atoms with Crippen LogP contribution < -0.4 is 5.73 Å². The van der Waals surface area contributed by atoms with Gasteiger partial charge in [0.05, 0.1) is 0 Å². The molecule has 0 radical (unpaired) electrons. The predicted molar refractivity (Wildman–Crippen MR) is 72.6 cm³/mol. The van der Waals surface area contributed by atoms with Crippen LogP contribution in [0.3, 0.4) is 0 Å². The van der Waals surface area contributed by atoms with Crippen LogP contribution in [0.25, 0.3) is 0 Å². The van der Waals surface area contributed by atoms with Crippen molar-refractivity contribution in [2.45, 2.75) is 58.8 Å². The van der Waals surface area contributed by atoms with E-state index in [9.17, 15) is 0 Å². The second-order valence-electron chi connectivity index (χ2n) is 7.67. The van der Waals surface area contributed by atoms with Gasteiger partial charge in [-0.2, -0.15) is 0 Å². The predicted octanol–water partition coefficient (Wildman–Crippen LogP) is 3.82. The lowest BCUT2D eigenvalue weighted by Gasteiger charge is -2.56. The van der Waals surface area contributed by atoms with Crippen LogP contribution in [-0.2, 0) is 0 Å². The Morgan fingerprint density at radius 3 is 1.94 bits per heavy atom. The molecule has 4 bridgehead atoms. The van der Waals surface area contributed by atoms with E-state index >= 15 is 0 Å². The lowest BCUT2D eigenvalue weighted by atomic mass is 9.50. The second kappa shape index (κ2) is 4.26. The highest BCUT2D eigenvalue weighted by Gasteiger charge is 2.49. The third-order valence-corrected chi connectivity index (χ3v) is 6.50. The molecule has 4 aliphatic rings. The van der Waals surface area contributed by atoms with E-state index in [0.717, 1.165) is 36.1 Å². The molecule has 4 rings (SSSR count). The fourth-order valence-corrected chi connectivity index (χ4v) is 5.31. The Hall–Kier alpha value is -0.0400. The third-order valence-electron chi connectivity index (χ3n) is 6.50. The van der Waals surface area contributed by atoms with Crippen LogP contribution in [0, 0.1) is 35.0 Å². The van der Waals surface area contributed by atoms with Crippen molar-refractivity contribution in [3.05, 3.63) is 0 Å². The molecule has 4 fully saturated rings. The number of hydrogen-bond acceptors (Lipinski definition) is 1. The molecule has 1 nitrogen and oxygen atoms in total. The highest BCUT2D eigenvalue weighted by atomic mass is 14.6. The molecule has 4 aliphatic carbocycles. The summed E-state index contributed by atoms with van der Waals surface area (Å²) in [4.78, 5) is 0. The minimum atomic E-state index is 0.417. The van der Waals surface area contributed by atoms with Crippen LogP contribution in [-0.4, -0.2) is 6.54 Å². The van der Waals surface area contributed by atoms with Gasteiger partial charge in [-0.15, -0.1) is 0 Å². The Morgan fingerprint density at radius 1 is 1.00 bits per heavy atom. The molecule has 0 aromatic rings. The van der Waals surface area contributed by atoms with Crippen molar-refractivity contribution in [3.63, 3.8) is 0 Å². The minimum absolute atomic E-state index is 0.417. The van der Waals surface area contributed by atoms with Crippen molar-refractivity contribution in [1.82, 2.24) is 0 Å². The first-order valence-corrected chi connectivity index (χ1v) is 7.83. The van der Waals surface area contributed by atoms with Crippen molar-refractivity contribution < 1.29 is 0 Å². The fourth-order valence-electron chi connectivity index (χ4n) is 5.31.